The van der Waals surface area contributed by atoms with Gasteiger partial charge in [0.1, 0.15) is 0 Å². The van der Waals surface area contributed by atoms with E-state index in [1.54, 1.807) is 11.0 Å². The molecule has 140 valence electrons. The van der Waals surface area contributed by atoms with Crippen molar-refractivity contribution in [3.63, 3.8) is 0 Å². The van der Waals surface area contributed by atoms with Gasteiger partial charge in [0.25, 0.3) is 0 Å². The van der Waals surface area contributed by atoms with E-state index in [2.05, 4.69) is 5.32 Å². The Balaban J connectivity index is 1.99. The number of nitrogens with zero attached hydrogens (tertiary/aromatic N) is 1. The van der Waals surface area contributed by atoms with Gasteiger partial charge in [0.2, 0.25) is 0 Å². The van der Waals surface area contributed by atoms with Crippen molar-refractivity contribution < 1.29 is 18.0 Å². The highest BCUT2D eigenvalue weighted by Gasteiger charge is 2.30. The number of carbonyl (C=O) groups is 1. The number of alkyl halides is 3. The third-order valence-electron chi connectivity index (χ3n) is 4.85. The van der Waals surface area contributed by atoms with E-state index in [0.717, 1.165) is 31.7 Å². The summed E-state index contributed by atoms with van der Waals surface area (Å²) in [4.78, 5) is 14.2. The number of nitrogens with one attached hydrogen (secondary N) is 1. The lowest BCUT2D eigenvalue weighted by Crippen LogP contribution is -2.49. The summed E-state index contributed by atoms with van der Waals surface area (Å²) in [6.45, 7) is 4.30. The monoisotopic (exact) mass is 356 g/mol. The van der Waals surface area contributed by atoms with Gasteiger partial charge in [0, 0.05) is 18.6 Å². The molecule has 1 fully saturated rings. The molecule has 1 saturated carbocycles. The molecule has 1 aromatic rings. The summed E-state index contributed by atoms with van der Waals surface area (Å²) in [7, 11) is 0. The third kappa shape index (κ3) is 5.65. The molecule has 0 spiro atoms. The summed E-state index contributed by atoms with van der Waals surface area (Å²) in [5, 5.41) is 3.08. The first-order chi connectivity index (χ1) is 11.8. The van der Waals surface area contributed by atoms with E-state index >= 15 is 0 Å². The van der Waals surface area contributed by atoms with Gasteiger partial charge in [-0.1, -0.05) is 37.5 Å². The average molecular weight is 356 g/mol. The van der Waals surface area contributed by atoms with Gasteiger partial charge in [-0.25, -0.2) is 4.79 Å². The molecular formula is C19H27F3N2O. The Hall–Kier alpha value is -1.72. The van der Waals surface area contributed by atoms with Crippen molar-refractivity contribution in [2.45, 2.75) is 70.6 Å². The Kier molecular flexibility index (Phi) is 6.73. The van der Waals surface area contributed by atoms with Crippen LogP contribution in [0, 0.1) is 0 Å². The van der Waals surface area contributed by atoms with E-state index < -0.39 is 11.7 Å². The van der Waals surface area contributed by atoms with Gasteiger partial charge in [-0.2, -0.15) is 13.2 Å². The van der Waals surface area contributed by atoms with Crippen LogP contribution in [0.4, 0.5) is 18.0 Å². The number of carbonyl (C=O) groups excluding carboxylic acids is 1. The Labute approximate surface area is 147 Å². The molecule has 0 bridgehead atoms. The van der Waals surface area contributed by atoms with Crippen LogP contribution >= 0.6 is 0 Å². The lowest BCUT2D eigenvalue weighted by molar-refractivity contribution is -0.137. The number of likely N-dealkylation sites (N-methyl/N-ethyl adjacent to an activating group) is 1. The second-order valence-electron chi connectivity index (χ2n) is 6.82. The first-order valence-electron chi connectivity index (χ1n) is 9.04. The molecule has 2 rings (SSSR count). The molecule has 1 N–H and O–H groups in total. The van der Waals surface area contributed by atoms with Gasteiger partial charge in [-0.3, -0.25) is 0 Å². The van der Waals surface area contributed by atoms with Crippen molar-refractivity contribution in [2.75, 3.05) is 6.54 Å². The number of hydrogen-bond acceptors (Lipinski definition) is 1. The summed E-state index contributed by atoms with van der Waals surface area (Å²) < 4.78 is 38.5. The zero-order chi connectivity index (χ0) is 18.4. The van der Waals surface area contributed by atoms with Crippen LogP contribution < -0.4 is 5.32 Å². The van der Waals surface area contributed by atoms with Gasteiger partial charge in [0.05, 0.1) is 5.56 Å². The van der Waals surface area contributed by atoms with Crippen molar-refractivity contribution in [3.05, 3.63) is 35.4 Å². The predicted octanol–water partition coefficient (Wildman–Crippen LogP) is 5.00. The first kappa shape index (κ1) is 19.6. The van der Waals surface area contributed by atoms with Gasteiger partial charge in [-0.05, 0) is 44.7 Å². The molecule has 0 saturated heterocycles. The summed E-state index contributed by atoms with van der Waals surface area (Å²) in [5.74, 6) is 0. The Morgan fingerprint density at radius 3 is 2.56 bits per heavy atom. The minimum Gasteiger partial charge on any atom is -0.335 e. The molecule has 0 radical (unpaired) electrons. The van der Waals surface area contributed by atoms with E-state index in [-0.39, 0.29) is 18.1 Å². The third-order valence-corrected chi connectivity index (χ3v) is 4.85. The molecule has 2 amide bonds. The van der Waals surface area contributed by atoms with Gasteiger partial charge < -0.3 is 10.2 Å². The normalized spacial score (nSPS) is 17.2. The zero-order valence-corrected chi connectivity index (χ0v) is 14.9. The second kappa shape index (κ2) is 8.59. The fourth-order valence-electron chi connectivity index (χ4n) is 3.49. The molecule has 1 unspecified atom stereocenters. The van der Waals surface area contributed by atoms with Crippen LogP contribution in [0.5, 0.6) is 0 Å². The van der Waals surface area contributed by atoms with Crippen molar-refractivity contribution in [2.24, 2.45) is 0 Å². The molecule has 3 nitrogen and oxygen atoms in total. The van der Waals surface area contributed by atoms with Gasteiger partial charge >= 0.3 is 12.2 Å². The van der Waals surface area contributed by atoms with Crippen molar-refractivity contribution >= 4 is 6.03 Å². The fourth-order valence-corrected chi connectivity index (χ4v) is 3.49. The van der Waals surface area contributed by atoms with Crippen LogP contribution in [-0.4, -0.2) is 29.6 Å². The second-order valence-corrected chi connectivity index (χ2v) is 6.82. The van der Waals surface area contributed by atoms with Crippen LogP contribution in [0.3, 0.4) is 0 Å². The largest absolute Gasteiger partial charge is 0.416 e. The van der Waals surface area contributed by atoms with Crippen LogP contribution in [-0.2, 0) is 12.6 Å². The molecule has 1 aliphatic carbocycles. The summed E-state index contributed by atoms with van der Waals surface area (Å²) in [6, 6.07) is 5.27. The number of benzene rings is 1. The minimum absolute atomic E-state index is 0.117. The standard InChI is InChI=1S/C19H27F3N2O/c1-3-24(18(25)23-17-10-5-4-6-11-17)14(2)12-15-8-7-9-16(13-15)19(20,21)22/h7-9,13-14,17H,3-6,10-12H2,1-2H3,(H,23,25). The number of halogens is 3. The lowest BCUT2D eigenvalue weighted by Gasteiger charge is -2.31. The van der Waals surface area contributed by atoms with Crippen LogP contribution in [0.25, 0.3) is 0 Å². The van der Waals surface area contributed by atoms with Crippen LogP contribution in [0.1, 0.15) is 57.1 Å². The van der Waals surface area contributed by atoms with E-state index in [0.29, 0.717) is 18.5 Å². The molecule has 0 heterocycles. The molecule has 0 aromatic heterocycles. The molecule has 0 aliphatic heterocycles. The molecule has 1 aromatic carbocycles. The number of urea groups is 1. The van der Waals surface area contributed by atoms with E-state index in [1.165, 1.54) is 18.6 Å². The minimum atomic E-state index is -4.35. The van der Waals surface area contributed by atoms with Crippen molar-refractivity contribution in [1.29, 1.82) is 0 Å². The Morgan fingerprint density at radius 1 is 1.28 bits per heavy atom. The SMILES string of the molecule is CCN(C(=O)NC1CCCCC1)C(C)Cc1cccc(C(F)(F)F)c1. The topological polar surface area (TPSA) is 32.3 Å². The fraction of sp³-hybridized carbons (Fsp3) is 0.632. The highest BCUT2D eigenvalue weighted by Crippen LogP contribution is 2.30. The van der Waals surface area contributed by atoms with Crippen LogP contribution in [0.15, 0.2) is 24.3 Å². The number of hydrogen-bond donors (Lipinski definition) is 1. The molecule has 1 aliphatic rings. The molecule has 25 heavy (non-hydrogen) atoms. The van der Waals surface area contributed by atoms with Gasteiger partial charge in [-0.15, -0.1) is 0 Å². The summed E-state index contributed by atoms with van der Waals surface area (Å²) >= 11 is 0. The smallest absolute Gasteiger partial charge is 0.335 e. The maximum absolute atomic E-state index is 12.8. The highest BCUT2D eigenvalue weighted by molar-refractivity contribution is 5.74. The average Bonchev–Trinajstić information content (AvgIpc) is 2.56. The highest BCUT2D eigenvalue weighted by atomic mass is 19.4. The predicted molar refractivity (Wildman–Crippen MR) is 92.4 cm³/mol. The number of rotatable bonds is 5. The molecule has 1 atom stereocenters. The first-order valence-corrected chi connectivity index (χ1v) is 9.04. The van der Waals surface area contributed by atoms with E-state index in [4.69, 9.17) is 0 Å². The summed E-state index contributed by atoms with van der Waals surface area (Å²) in [5.41, 5.74) is -0.0573. The van der Waals surface area contributed by atoms with Gasteiger partial charge in [0.15, 0.2) is 0 Å². The quantitative estimate of drug-likeness (QED) is 0.791. The zero-order valence-electron chi connectivity index (χ0n) is 14.9. The molecule has 6 heteroatoms. The lowest BCUT2D eigenvalue weighted by atomic mass is 9.95. The van der Waals surface area contributed by atoms with E-state index in [1.807, 2.05) is 13.8 Å². The molecular weight excluding hydrogens is 329 g/mol. The van der Waals surface area contributed by atoms with Crippen molar-refractivity contribution in [1.82, 2.24) is 10.2 Å². The number of amides is 2. The maximum Gasteiger partial charge on any atom is 0.416 e. The van der Waals surface area contributed by atoms with Crippen molar-refractivity contribution in [3.8, 4) is 0 Å². The Morgan fingerprint density at radius 2 is 1.96 bits per heavy atom. The van der Waals surface area contributed by atoms with E-state index in [9.17, 15) is 18.0 Å². The van der Waals surface area contributed by atoms with Crippen LogP contribution in [0.2, 0.25) is 0 Å². The maximum atomic E-state index is 12.8. The Bertz CT molecular complexity index is 568. The summed E-state index contributed by atoms with van der Waals surface area (Å²) in [6.07, 6.45) is 1.55.